The molecule has 0 amide bonds. The molecule has 0 heterocycles. The Balaban J connectivity index is 6.75. The van der Waals surface area contributed by atoms with Gasteiger partial charge in [-0.2, -0.15) is 57.1 Å². The van der Waals surface area contributed by atoms with Crippen molar-refractivity contribution in [1.82, 2.24) is 0 Å². The van der Waals surface area contributed by atoms with Crippen molar-refractivity contribution in [1.29, 1.82) is 0 Å². The fourth-order valence-corrected chi connectivity index (χ4v) is 1.45. The Labute approximate surface area is 112 Å². The molecule has 0 unspecified atom stereocenters. The summed E-state index contributed by atoms with van der Waals surface area (Å²) in [6, 6.07) is 0. The van der Waals surface area contributed by atoms with E-state index < -0.39 is 48.5 Å². The van der Waals surface area contributed by atoms with Crippen LogP contribution in [0.15, 0.2) is 0 Å². The maximum absolute atomic E-state index is 13.1. The largest absolute Gasteiger partial charge is 0.459 e. The molecular weight excluding hydrogens is 359 g/mol. The summed E-state index contributed by atoms with van der Waals surface area (Å²) in [5.41, 5.74) is -6.91. The first-order valence-corrected chi connectivity index (χ1v) is 4.70. The van der Waals surface area contributed by atoms with Gasteiger partial charge in [-0.1, -0.05) is 0 Å². The van der Waals surface area contributed by atoms with Crippen molar-refractivity contribution in [3.63, 3.8) is 0 Å². The monoisotopic (exact) mass is 362 g/mol. The molecule has 0 aromatic rings. The summed E-state index contributed by atoms with van der Waals surface area (Å²) in [5.74, 6) is -15.4. The fourth-order valence-electron chi connectivity index (χ4n) is 1.45. The molecule has 0 atom stereocenters. The summed E-state index contributed by atoms with van der Waals surface area (Å²) in [6.07, 6.45) is -26.9. The lowest BCUT2D eigenvalue weighted by Crippen LogP contribution is -2.70. The van der Waals surface area contributed by atoms with Crippen LogP contribution < -0.4 is 0 Å². The van der Waals surface area contributed by atoms with E-state index in [1.165, 1.54) is 0 Å². The van der Waals surface area contributed by atoms with Crippen LogP contribution in [-0.4, -0.2) is 36.7 Å². The average molecular weight is 362 g/mol. The van der Waals surface area contributed by atoms with Crippen molar-refractivity contribution in [2.24, 2.45) is 5.41 Å². The quantitative estimate of drug-likeness (QED) is 0.531. The lowest BCUT2D eigenvalue weighted by atomic mass is 9.73. The van der Waals surface area contributed by atoms with Crippen molar-refractivity contribution >= 4 is 6.29 Å². The smallest absolute Gasteiger partial charge is 0.303 e. The van der Waals surface area contributed by atoms with Crippen LogP contribution in [0.3, 0.4) is 0 Å². The number of carbonyl (C=O) groups excluding carboxylic acids is 1. The molecule has 0 N–H and O–H groups in total. The van der Waals surface area contributed by atoms with Crippen LogP contribution in [0.1, 0.15) is 6.42 Å². The number of rotatable bonds is 4. The maximum Gasteiger partial charge on any atom is 0.459 e. The molecule has 0 bridgehead atoms. The van der Waals surface area contributed by atoms with Crippen LogP contribution in [0, 0.1) is 5.41 Å². The predicted octanol–water partition coefficient (Wildman–Crippen LogP) is 4.52. The fraction of sp³-hybridized carbons (Fsp3) is 0.875. The number of halogens is 13. The summed E-state index contributed by atoms with van der Waals surface area (Å²) in [4.78, 5) is 9.88. The number of hydrogen-bond acceptors (Lipinski definition) is 1. The molecule has 0 fully saturated rings. The van der Waals surface area contributed by atoms with Gasteiger partial charge >= 0.3 is 30.4 Å². The average Bonchev–Trinajstić information content (AvgIpc) is 2.19. The van der Waals surface area contributed by atoms with Crippen LogP contribution in [-0.2, 0) is 4.79 Å². The Morgan fingerprint density at radius 2 is 0.864 bits per heavy atom. The highest BCUT2D eigenvalue weighted by atomic mass is 19.4. The van der Waals surface area contributed by atoms with E-state index in [2.05, 4.69) is 0 Å². The van der Waals surface area contributed by atoms with Gasteiger partial charge in [0.2, 0.25) is 5.41 Å². The van der Waals surface area contributed by atoms with Crippen LogP contribution in [0.5, 0.6) is 0 Å². The highest BCUT2D eigenvalue weighted by molar-refractivity contribution is 5.52. The molecule has 0 aromatic heterocycles. The van der Waals surface area contributed by atoms with Gasteiger partial charge in [0.15, 0.2) is 0 Å². The summed E-state index contributed by atoms with van der Waals surface area (Å²) >= 11 is 0. The van der Waals surface area contributed by atoms with Gasteiger partial charge in [-0.05, 0) is 0 Å². The maximum atomic E-state index is 13.1. The summed E-state index contributed by atoms with van der Waals surface area (Å²) in [5, 5.41) is 0. The van der Waals surface area contributed by atoms with Gasteiger partial charge in [0, 0.05) is 6.42 Å². The number of alkyl halides is 13. The number of carbonyl (C=O) groups is 1. The van der Waals surface area contributed by atoms with Crippen LogP contribution in [0.25, 0.3) is 0 Å². The van der Waals surface area contributed by atoms with Crippen LogP contribution in [0.4, 0.5) is 57.1 Å². The predicted molar refractivity (Wildman–Crippen MR) is 41.2 cm³/mol. The van der Waals surface area contributed by atoms with E-state index in [1.807, 2.05) is 0 Å². The summed E-state index contributed by atoms with van der Waals surface area (Å²) < 4.78 is 161. The lowest BCUT2D eigenvalue weighted by molar-refractivity contribution is -0.458. The first-order chi connectivity index (χ1) is 9.31. The molecule has 132 valence electrons. The molecular formula is C8H3F13O. The molecule has 0 rings (SSSR count). The second kappa shape index (κ2) is 5.15. The van der Waals surface area contributed by atoms with Crippen molar-refractivity contribution < 1.29 is 61.9 Å². The third-order valence-corrected chi connectivity index (χ3v) is 2.64. The van der Waals surface area contributed by atoms with E-state index in [4.69, 9.17) is 0 Å². The summed E-state index contributed by atoms with van der Waals surface area (Å²) in [7, 11) is 0. The molecule has 0 saturated heterocycles. The van der Waals surface area contributed by atoms with Gasteiger partial charge in [-0.25, -0.2) is 0 Å². The SMILES string of the molecule is O=CCC(C(F)(F)F)(C(F)(F)F)C(F)(F)C(F)(F)C(F)(F)F. The summed E-state index contributed by atoms with van der Waals surface area (Å²) in [6.45, 7) is 0. The molecule has 14 heteroatoms. The molecule has 1 nitrogen and oxygen atoms in total. The van der Waals surface area contributed by atoms with E-state index in [0.717, 1.165) is 0 Å². The molecule has 0 aliphatic heterocycles. The second-order valence-corrected chi connectivity index (χ2v) is 3.92. The number of aldehydes is 1. The third-order valence-electron chi connectivity index (χ3n) is 2.64. The Kier molecular flexibility index (Phi) is 4.86. The van der Waals surface area contributed by atoms with Gasteiger partial charge in [-0.15, -0.1) is 0 Å². The Morgan fingerprint density at radius 1 is 0.545 bits per heavy atom. The van der Waals surface area contributed by atoms with E-state index in [0.29, 0.717) is 0 Å². The molecule has 0 spiro atoms. The van der Waals surface area contributed by atoms with Crippen LogP contribution >= 0.6 is 0 Å². The second-order valence-electron chi connectivity index (χ2n) is 3.92. The van der Waals surface area contributed by atoms with Gasteiger partial charge in [0.05, 0.1) is 0 Å². The standard InChI is InChI=1S/C8H3F13O/c9-4(10,5(11,12)8(19,20)21)3(1-2-22,6(13,14)15)7(16,17)18/h2H,1H2. The normalized spacial score (nSPS) is 15.9. The van der Waals surface area contributed by atoms with Gasteiger partial charge in [0.1, 0.15) is 6.29 Å². The zero-order valence-electron chi connectivity index (χ0n) is 9.61. The molecule has 0 aliphatic carbocycles. The molecule has 0 aromatic carbocycles. The third kappa shape index (κ3) is 2.59. The molecule has 22 heavy (non-hydrogen) atoms. The highest BCUT2D eigenvalue weighted by Gasteiger charge is 2.91. The minimum absolute atomic E-state index is 1.47. The zero-order chi connectivity index (χ0) is 18.4. The van der Waals surface area contributed by atoms with Crippen molar-refractivity contribution in [3.8, 4) is 0 Å². The van der Waals surface area contributed by atoms with Crippen LogP contribution in [0.2, 0.25) is 0 Å². The van der Waals surface area contributed by atoms with Crippen molar-refractivity contribution in [2.45, 2.75) is 36.8 Å². The Morgan fingerprint density at radius 3 is 1.05 bits per heavy atom. The van der Waals surface area contributed by atoms with Gasteiger partial charge < -0.3 is 4.79 Å². The number of hydrogen-bond donors (Lipinski definition) is 0. The van der Waals surface area contributed by atoms with Crippen molar-refractivity contribution in [3.05, 3.63) is 0 Å². The molecule has 0 radical (unpaired) electrons. The van der Waals surface area contributed by atoms with E-state index in [9.17, 15) is 61.9 Å². The first kappa shape index (κ1) is 20.8. The zero-order valence-corrected chi connectivity index (χ0v) is 9.61. The van der Waals surface area contributed by atoms with Crippen molar-refractivity contribution in [2.75, 3.05) is 0 Å². The topological polar surface area (TPSA) is 17.1 Å². The van der Waals surface area contributed by atoms with E-state index in [1.54, 1.807) is 0 Å². The van der Waals surface area contributed by atoms with E-state index in [-0.39, 0.29) is 0 Å². The van der Waals surface area contributed by atoms with E-state index >= 15 is 0 Å². The van der Waals surface area contributed by atoms with Gasteiger partial charge in [-0.3, -0.25) is 0 Å². The molecule has 0 aliphatic rings. The minimum atomic E-state index is -7.73. The Bertz CT molecular complexity index is 397. The molecule has 0 saturated carbocycles. The minimum Gasteiger partial charge on any atom is -0.303 e. The highest BCUT2D eigenvalue weighted by Crippen LogP contribution is 2.66. The van der Waals surface area contributed by atoms with Gasteiger partial charge in [0.25, 0.3) is 0 Å². The Hall–Kier alpha value is -1.24. The lowest BCUT2D eigenvalue weighted by Gasteiger charge is -2.44. The first-order valence-electron chi connectivity index (χ1n) is 4.70.